The molecule has 29 heavy (non-hydrogen) atoms. The molecule has 0 radical (unpaired) electrons. The summed E-state index contributed by atoms with van der Waals surface area (Å²) in [4.78, 5) is 12.4. The van der Waals surface area contributed by atoms with Crippen molar-refractivity contribution in [3.8, 4) is 0 Å². The lowest BCUT2D eigenvalue weighted by atomic mass is 9.82. The predicted molar refractivity (Wildman–Crippen MR) is 117 cm³/mol. The zero-order chi connectivity index (χ0) is 20.4. The standard InChI is InChI=1S/C26H22O3/c1-17(26(28)29-2)24(21-15-14-18-8-3-4-10-20(18)16-21)25(27)23-13-7-11-19-9-5-6-12-22(19)23/h3-16,24-25,27H,1H2,2H3. The average molecular weight is 382 g/mol. The first-order valence-corrected chi connectivity index (χ1v) is 9.51. The van der Waals surface area contributed by atoms with Crippen LogP contribution in [-0.2, 0) is 9.53 Å². The summed E-state index contributed by atoms with van der Waals surface area (Å²) >= 11 is 0. The fourth-order valence-electron chi connectivity index (χ4n) is 3.92. The molecule has 4 aromatic carbocycles. The maximum atomic E-state index is 12.4. The molecule has 0 saturated carbocycles. The van der Waals surface area contributed by atoms with Crippen LogP contribution in [0.4, 0.5) is 0 Å². The third-order valence-electron chi connectivity index (χ3n) is 5.41. The molecule has 0 aliphatic rings. The molecule has 0 aromatic heterocycles. The maximum Gasteiger partial charge on any atom is 0.333 e. The molecule has 0 aliphatic carbocycles. The lowest BCUT2D eigenvalue weighted by Gasteiger charge is -2.26. The Kier molecular flexibility index (Phi) is 5.15. The van der Waals surface area contributed by atoms with E-state index in [-0.39, 0.29) is 5.57 Å². The highest BCUT2D eigenvalue weighted by molar-refractivity contribution is 5.91. The lowest BCUT2D eigenvalue weighted by Crippen LogP contribution is -2.19. The average Bonchev–Trinajstić information content (AvgIpc) is 2.78. The van der Waals surface area contributed by atoms with Crippen molar-refractivity contribution in [1.82, 2.24) is 0 Å². The minimum atomic E-state index is -0.950. The van der Waals surface area contributed by atoms with E-state index in [1.165, 1.54) is 7.11 Å². The number of fused-ring (bicyclic) bond motifs is 2. The van der Waals surface area contributed by atoms with Crippen molar-refractivity contribution in [3.63, 3.8) is 0 Å². The zero-order valence-corrected chi connectivity index (χ0v) is 16.2. The van der Waals surface area contributed by atoms with E-state index in [1.54, 1.807) is 0 Å². The normalized spacial score (nSPS) is 13.2. The molecule has 4 rings (SSSR count). The first-order chi connectivity index (χ1) is 14.1. The third-order valence-corrected chi connectivity index (χ3v) is 5.41. The van der Waals surface area contributed by atoms with Crippen LogP contribution in [0.25, 0.3) is 21.5 Å². The molecular weight excluding hydrogens is 360 g/mol. The number of carbonyl (C=O) groups excluding carboxylic acids is 1. The van der Waals surface area contributed by atoms with Crippen molar-refractivity contribution < 1.29 is 14.6 Å². The number of esters is 1. The molecule has 3 heteroatoms. The highest BCUT2D eigenvalue weighted by Crippen LogP contribution is 2.40. The van der Waals surface area contributed by atoms with Gasteiger partial charge in [0.1, 0.15) is 0 Å². The number of aliphatic hydroxyl groups is 1. The number of hydrogen-bond acceptors (Lipinski definition) is 3. The SMILES string of the molecule is C=C(C(=O)OC)C(c1ccc2ccccc2c1)C(O)c1cccc2ccccc12. The smallest absolute Gasteiger partial charge is 0.333 e. The van der Waals surface area contributed by atoms with Gasteiger partial charge in [0.15, 0.2) is 0 Å². The van der Waals surface area contributed by atoms with Gasteiger partial charge in [-0.25, -0.2) is 4.79 Å². The second-order valence-electron chi connectivity index (χ2n) is 7.11. The molecule has 2 unspecified atom stereocenters. The summed E-state index contributed by atoms with van der Waals surface area (Å²) in [6, 6.07) is 27.6. The monoisotopic (exact) mass is 382 g/mol. The summed E-state index contributed by atoms with van der Waals surface area (Å²) in [6.45, 7) is 3.97. The molecule has 1 N–H and O–H groups in total. The molecule has 0 fully saturated rings. The fraction of sp³-hybridized carbons (Fsp3) is 0.115. The van der Waals surface area contributed by atoms with Gasteiger partial charge in [0.05, 0.1) is 13.2 Å². The van der Waals surface area contributed by atoms with Crippen LogP contribution in [0.15, 0.2) is 97.1 Å². The highest BCUT2D eigenvalue weighted by Gasteiger charge is 2.30. The van der Waals surface area contributed by atoms with Crippen LogP contribution >= 0.6 is 0 Å². The molecule has 0 bridgehead atoms. The zero-order valence-electron chi connectivity index (χ0n) is 16.2. The lowest BCUT2D eigenvalue weighted by molar-refractivity contribution is -0.136. The van der Waals surface area contributed by atoms with Gasteiger partial charge in [-0.05, 0) is 32.7 Å². The van der Waals surface area contributed by atoms with Gasteiger partial charge in [-0.1, -0.05) is 91.5 Å². The summed E-state index contributed by atoms with van der Waals surface area (Å²) in [5.74, 6) is -1.15. The van der Waals surface area contributed by atoms with Crippen molar-refractivity contribution in [2.75, 3.05) is 7.11 Å². The van der Waals surface area contributed by atoms with Crippen LogP contribution in [0.5, 0.6) is 0 Å². The summed E-state index contributed by atoms with van der Waals surface area (Å²) in [5, 5.41) is 15.6. The van der Waals surface area contributed by atoms with E-state index in [2.05, 4.69) is 6.58 Å². The van der Waals surface area contributed by atoms with E-state index >= 15 is 0 Å². The summed E-state index contributed by atoms with van der Waals surface area (Å²) in [6.07, 6.45) is -0.950. The first kappa shape index (κ1) is 18.9. The number of ether oxygens (including phenoxy) is 1. The van der Waals surface area contributed by atoms with Crippen LogP contribution in [0.1, 0.15) is 23.1 Å². The molecule has 0 aliphatic heterocycles. The summed E-state index contributed by atoms with van der Waals surface area (Å²) < 4.78 is 4.93. The Balaban J connectivity index is 1.87. The number of rotatable bonds is 5. The maximum absolute atomic E-state index is 12.4. The van der Waals surface area contributed by atoms with Crippen molar-refractivity contribution in [2.45, 2.75) is 12.0 Å². The quantitative estimate of drug-likeness (QED) is 0.364. The van der Waals surface area contributed by atoms with Gasteiger partial charge in [0, 0.05) is 11.5 Å². The van der Waals surface area contributed by atoms with Crippen LogP contribution in [-0.4, -0.2) is 18.2 Å². The van der Waals surface area contributed by atoms with Crippen molar-refractivity contribution in [2.24, 2.45) is 0 Å². The second kappa shape index (κ2) is 7.90. The highest BCUT2D eigenvalue weighted by atomic mass is 16.5. The molecule has 0 spiro atoms. The first-order valence-electron chi connectivity index (χ1n) is 9.51. The van der Waals surface area contributed by atoms with Gasteiger partial charge in [0.2, 0.25) is 0 Å². The number of methoxy groups -OCH3 is 1. The molecule has 0 heterocycles. The third kappa shape index (κ3) is 3.53. The van der Waals surface area contributed by atoms with E-state index in [0.717, 1.165) is 32.7 Å². The van der Waals surface area contributed by atoms with E-state index < -0.39 is 18.0 Å². The van der Waals surface area contributed by atoms with Crippen molar-refractivity contribution >= 4 is 27.5 Å². The molecule has 144 valence electrons. The number of carbonyl (C=O) groups is 1. The van der Waals surface area contributed by atoms with Gasteiger partial charge < -0.3 is 9.84 Å². The Labute approximate surface area is 169 Å². The Morgan fingerprint density at radius 2 is 1.52 bits per heavy atom. The second-order valence-corrected chi connectivity index (χ2v) is 7.11. The Morgan fingerprint density at radius 3 is 2.28 bits per heavy atom. The van der Waals surface area contributed by atoms with E-state index in [4.69, 9.17) is 4.74 Å². The number of hydrogen-bond donors (Lipinski definition) is 1. The van der Waals surface area contributed by atoms with Crippen LogP contribution in [0, 0.1) is 0 Å². The molecule has 2 atom stereocenters. The number of benzene rings is 4. The van der Waals surface area contributed by atoms with Crippen LogP contribution < -0.4 is 0 Å². The van der Waals surface area contributed by atoms with Gasteiger partial charge in [-0.15, -0.1) is 0 Å². The minimum Gasteiger partial charge on any atom is -0.466 e. The van der Waals surface area contributed by atoms with Gasteiger partial charge in [0.25, 0.3) is 0 Å². The predicted octanol–water partition coefficient (Wildman–Crippen LogP) is 5.54. The van der Waals surface area contributed by atoms with Crippen LogP contribution in [0.3, 0.4) is 0 Å². The molecule has 3 nitrogen and oxygen atoms in total. The van der Waals surface area contributed by atoms with E-state index in [9.17, 15) is 9.90 Å². The largest absolute Gasteiger partial charge is 0.466 e. The van der Waals surface area contributed by atoms with Crippen LogP contribution in [0.2, 0.25) is 0 Å². The van der Waals surface area contributed by atoms with E-state index in [1.807, 2.05) is 84.9 Å². The Morgan fingerprint density at radius 1 is 0.862 bits per heavy atom. The van der Waals surface area contributed by atoms with Crippen molar-refractivity contribution in [3.05, 3.63) is 108 Å². The summed E-state index contributed by atoms with van der Waals surface area (Å²) in [5.41, 5.74) is 1.80. The molecule has 0 saturated heterocycles. The van der Waals surface area contributed by atoms with Gasteiger partial charge >= 0.3 is 5.97 Å². The Hall–Kier alpha value is -3.43. The Bertz CT molecular complexity index is 1200. The van der Waals surface area contributed by atoms with Crippen molar-refractivity contribution in [1.29, 1.82) is 0 Å². The minimum absolute atomic E-state index is 0.225. The van der Waals surface area contributed by atoms with Gasteiger partial charge in [-0.3, -0.25) is 0 Å². The fourth-order valence-corrected chi connectivity index (χ4v) is 3.92. The molecule has 0 amide bonds. The van der Waals surface area contributed by atoms with E-state index in [0.29, 0.717) is 0 Å². The number of aliphatic hydroxyl groups excluding tert-OH is 1. The molecule has 4 aromatic rings. The van der Waals surface area contributed by atoms with Gasteiger partial charge in [-0.2, -0.15) is 0 Å². The topological polar surface area (TPSA) is 46.5 Å². The summed E-state index contributed by atoms with van der Waals surface area (Å²) in [7, 11) is 1.33. The molecular formula is C26H22O3.